The second-order valence-corrected chi connectivity index (χ2v) is 27.5. The number of ether oxygens (including phenoxy) is 1. The molecule has 0 fully saturated rings. The number of hydrogen-bond donors (Lipinski definition) is 0. The minimum Gasteiger partial charge on any atom is -0.458 e. The largest absolute Gasteiger partial charge is 0.458 e. The number of aromatic nitrogens is 4. The maximum absolute atomic E-state index is 11.3. The molecule has 92 heavy (non-hydrogen) atoms. The smallest absolute Gasteiger partial charge is 0.269 e. The molecular weight excluding hydrogens is 1150 g/mol. The molecule has 3 heterocycles. The zero-order valence-corrected chi connectivity index (χ0v) is 49.2. The van der Waals surface area contributed by atoms with Gasteiger partial charge in [-0.25, -0.2) is 4.98 Å². The average molecular weight is 1250 g/mol. The fourth-order valence-corrected chi connectivity index (χ4v) is 19.3. The van der Waals surface area contributed by atoms with Crippen LogP contribution >= 0.6 is 0 Å². The molecule has 0 saturated carbocycles. The van der Waals surface area contributed by atoms with Gasteiger partial charge in [0, 0.05) is 32.7 Å². The van der Waals surface area contributed by atoms with Crippen LogP contribution in [0.4, 0.5) is 0 Å². The first kappa shape index (κ1) is 26.9. The van der Waals surface area contributed by atoms with Crippen LogP contribution in [0.3, 0.4) is 0 Å². The normalized spacial score (nSPS) is 18.3. The first-order valence-corrected chi connectivity index (χ1v) is 32.0. The van der Waals surface area contributed by atoms with Crippen molar-refractivity contribution in [1.82, 2.24) is 14.1 Å². The van der Waals surface area contributed by atoms with Gasteiger partial charge in [-0.2, -0.15) is 0 Å². The molecule has 3 aromatic heterocycles. The van der Waals surface area contributed by atoms with Crippen molar-refractivity contribution in [2.75, 3.05) is 0 Å². The fourth-order valence-electron chi connectivity index (χ4n) is 11.8. The molecule has 0 N–H and O–H groups in total. The van der Waals surface area contributed by atoms with Crippen molar-refractivity contribution >= 4 is 90.5 Å². The zero-order valence-electron chi connectivity index (χ0n) is 89.2. The maximum Gasteiger partial charge on any atom is 0.269 e. The van der Waals surface area contributed by atoms with Gasteiger partial charge in [0.15, 0.2) is 16.1 Å². The van der Waals surface area contributed by atoms with E-state index in [2.05, 4.69) is 11.3 Å². The second-order valence-electron chi connectivity index (χ2n) is 20.4. The summed E-state index contributed by atoms with van der Waals surface area (Å²) >= 11 is 0. The van der Waals surface area contributed by atoms with E-state index in [1.807, 2.05) is 0 Å². The van der Waals surface area contributed by atoms with E-state index < -0.39 is 328 Å². The van der Waals surface area contributed by atoms with Crippen molar-refractivity contribution in [3.8, 4) is 50.9 Å². The molecule has 0 aliphatic heterocycles. The molecule has 7 heteroatoms. The number of para-hydroxylation sites is 4. The number of pyridine rings is 1. The minimum absolute atomic E-state index is 0.00241. The van der Waals surface area contributed by atoms with E-state index in [1.54, 1.807) is 47.0 Å². The summed E-state index contributed by atoms with van der Waals surface area (Å²) in [6, 6.07) is -19.3. The molecule has 16 aromatic rings. The number of nitrogens with zero attached hydrogens (tertiary/aromatic N) is 4. The van der Waals surface area contributed by atoms with Gasteiger partial charge in [0.25, 0.3) is 6.33 Å². The third-order valence-corrected chi connectivity index (χ3v) is 23.8. The number of rotatable bonds is 15. The summed E-state index contributed by atoms with van der Waals surface area (Å²) < 4.78 is 410. The lowest BCUT2D eigenvalue weighted by Crippen LogP contribution is -2.76. The van der Waals surface area contributed by atoms with Gasteiger partial charge in [0.1, 0.15) is 17.3 Å². The van der Waals surface area contributed by atoms with Gasteiger partial charge in [-0.1, -0.05) is 302 Å². The Hall–Kier alpha value is -11.5. The summed E-state index contributed by atoms with van der Waals surface area (Å²) in [5.41, 5.74) is -3.03. The number of fused-ring (bicyclic) bond motifs is 4. The second kappa shape index (κ2) is 23.8. The van der Waals surface area contributed by atoms with Crippen molar-refractivity contribution < 1.29 is 66.9 Å². The summed E-state index contributed by atoms with van der Waals surface area (Å²) in [4.78, 5) is 4.68. The molecule has 0 radical (unpaired) electrons. The summed E-state index contributed by atoms with van der Waals surface area (Å²) in [6.07, 6.45) is 4.36. The third-order valence-electron chi connectivity index (χ3n) is 15.6. The van der Waals surface area contributed by atoms with Gasteiger partial charge in [-0.15, -0.1) is 0 Å². The summed E-state index contributed by atoms with van der Waals surface area (Å²) in [7, 11) is -13.4. The highest BCUT2D eigenvalue weighted by molar-refractivity contribution is 7.20. The number of aryl methyl sites for hydroxylation is 1. The molecule has 0 amide bonds. The Bertz CT molecular complexity index is 7390. The lowest BCUT2D eigenvalue weighted by molar-refractivity contribution is -0.570. The van der Waals surface area contributed by atoms with Crippen molar-refractivity contribution in [2.45, 2.75) is 6.85 Å². The Morgan fingerprint density at radius 2 is 0.935 bits per heavy atom. The predicted octanol–water partition coefficient (Wildman–Crippen LogP) is 14.4. The van der Waals surface area contributed by atoms with Gasteiger partial charge in [0.05, 0.1) is 86.9 Å². The van der Waals surface area contributed by atoms with Crippen molar-refractivity contribution in [3.05, 3.63) is 369 Å². The van der Waals surface area contributed by atoms with E-state index in [0.717, 1.165) is 29.0 Å². The molecule has 0 bridgehead atoms. The SMILES string of the molecule is [2H]c1c([2H])c([2H])c(-c2cnc(-n3c4ccccc4c4ccc(Oc5cccc(-n6[c-][n+](-c7c(-c8c([2H])c([2H])c([2H])c([Si](c9c([2H])c([2H])c([2H])c([2H])c9[2H])(c9c([2H])c([2H])c([2H])c([2H])c9[2H])c9c([2H])c([2H])c([2H])c([2H])c9[2H])c8[2H])cccc7[Si](c7c([2H])c([2H])c([2H])c([2H])c7[2H])(c7c([2H])c([2H])c([2H])c([2H])c7[2H])c7c([2H])c([2H])c([2H])c([2H])c7[2H])c7ccccc76)c5)cc43)cc2C([2H])([2H])[2H])c([2H])c1[2H]. The zero-order chi connectivity index (χ0) is 97.9. The topological polar surface area (TPSA) is 35.9 Å². The summed E-state index contributed by atoms with van der Waals surface area (Å²) in [6.45, 7) is -2.99. The Balaban J connectivity index is 1.07. The summed E-state index contributed by atoms with van der Waals surface area (Å²) in [5, 5.41) is -8.02. The Morgan fingerprint density at radius 1 is 0.424 bits per heavy atom. The third kappa shape index (κ3) is 9.53. The molecule has 0 aliphatic rings. The standard InChI is InChI=1S/C85H62N4OSi2/c1-62-56-84(86-60-78(62)63-30-9-2-10-31-63)89-79-50-24-23-48-76(79)77-55-54-67(59-82(77)89)90-66-34-28-33-65(58-66)87-61-88(81-52-26-25-51-80(81)87)85-75(49-29-53-83(85)92(71-41-17-6-18-42-71,72-43-19-7-20-44-72)73-45-21-8-22-46-73)64-32-27-47-74(57-64)91(68-35-11-3-12-36-68,69-37-13-4-14-38-69)70-39-15-5-16-40-70/h2-60H,1H3/i1D3,2D,3D,4D,5D,6D,7D,8D,9D,10D,11D,12D,13D,14D,15D,16D,17D,18D,19D,20D,21D,22D,27D,30D,31D,32D,35D,36D,37D,38D,39D,40D,41D,42D,43D,44D,45D,46D,47D,57D. The van der Waals surface area contributed by atoms with Gasteiger partial charge >= 0.3 is 0 Å². The molecule has 5 nitrogen and oxygen atoms in total. The van der Waals surface area contributed by atoms with Crippen LogP contribution in [0.15, 0.2) is 357 Å². The van der Waals surface area contributed by atoms with Crippen molar-refractivity contribution in [2.24, 2.45) is 0 Å². The first-order chi connectivity index (χ1) is 62.9. The highest BCUT2D eigenvalue weighted by Crippen LogP contribution is 2.37. The monoisotopic (exact) mass is 1250 g/mol. The summed E-state index contributed by atoms with van der Waals surface area (Å²) in [5.74, 6) is 0.103. The van der Waals surface area contributed by atoms with E-state index in [1.165, 1.54) is 59.2 Å². The van der Waals surface area contributed by atoms with E-state index in [0.29, 0.717) is 21.8 Å². The Labute approximate surface area is 597 Å². The molecular formula is C85H62N4OSi2. The van der Waals surface area contributed by atoms with Crippen LogP contribution < -0.4 is 50.8 Å². The number of hydrogen-bond acceptors (Lipinski definition) is 2. The van der Waals surface area contributed by atoms with Crippen LogP contribution in [-0.4, -0.2) is 30.3 Å². The maximum atomic E-state index is 11.3. The number of imidazole rings is 1. The van der Waals surface area contributed by atoms with E-state index in [4.69, 9.17) is 23.9 Å². The van der Waals surface area contributed by atoms with Crippen molar-refractivity contribution in [3.63, 3.8) is 0 Å². The molecule has 16 rings (SSSR count). The highest BCUT2D eigenvalue weighted by Gasteiger charge is 2.45. The van der Waals surface area contributed by atoms with Crippen LogP contribution in [0, 0.1) is 13.2 Å². The molecule has 436 valence electrons. The van der Waals surface area contributed by atoms with Gasteiger partial charge in [-0.05, 0) is 113 Å². The Morgan fingerprint density at radius 3 is 1.54 bits per heavy atom. The lowest BCUT2D eigenvalue weighted by Gasteiger charge is -2.37. The molecule has 0 saturated heterocycles. The quantitative estimate of drug-likeness (QED) is 0.0444. The van der Waals surface area contributed by atoms with Gasteiger partial charge in [0.2, 0.25) is 0 Å². The molecule has 0 spiro atoms. The van der Waals surface area contributed by atoms with E-state index in [-0.39, 0.29) is 39.6 Å². The van der Waals surface area contributed by atoms with Crippen LogP contribution in [-0.2, 0) is 0 Å². The van der Waals surface area contributed by atoms with Gasteiger partial charge in [-0.3, -0.25) is 13.7 Å². The van der Waals surface area contributed by atoms with Crippen LogP contribution in [0.1, 0.15) is 63.1 Å². The lowest BCUT2D eigenvalue weighted by atomic mass is 10.0. The molecule has 0 unspecified atom stereocenters. The number of benzene rings is 13. The first-order valence-electron chi connectivity index (χ1n) is 49.0. The van der Waals surface area contributed by atoms with E-state index in [9.17, 15) is 38.4 Å². The predicted molar refractivity (Wildman–Crippen MR) is 385 cm³/mol. The minimum atomic E-state index is -6.79. The van der Waals surface area contributed by atoms with Crippen molar-refractivity contribution in [1.29, 1.82) is 0 Å². The molecule has 13 aromatic carbocycles. The van der Waals surface area contributed by atoms with Crippen LogP contribution in [0.25, 0.3) is 72.3 Å². The van der Waals surface area contributed by atoms with Gasteiger partial charge < -0.3 is 4.74 Å². The average Bonchev–Trinajstić information content (AvgIpc) is 0.787. The molecule has 0 atom stereocenters. The highest BCUT2D eigenvalue weighted by atomic mass is 28.3. The fraction of sp³-hybridized carbons (Fsp3) is 0.0118. The Kier molecular flexibility index (Phi) is 6.96. The van der Waals surface area contributed by atoms with Crippen LogP contribution in [0.5, 0.6) is 11.5 Å². The molecule has 0 aliphatic carbocycles. The van der Waals surface area contributed by atoms with Crippen LogP contribution in [0.2, 0.25) is 0 Å². The van der Waals surface area contributed by atoms with E-state index >= 15 is 0 Å².